The molecule has 6 rings (SSSR count). The lowest BCUT2D eigenvalue weighted by Crippen LogP contribution is -2.28. The zero-order chi connectivity index (χ0) is 30.5. The Kier molecular flexibility index (Phi) is 9.23. The summed E-state index contributed by atoms with van der Waals surface area (Å²) in [4.78, 5) is 0. The highest BCUT2D eigenvalue weighted by Gasteiger charge is 2.31. The van der Waals surface area contributed by atoms with Crippen LogP contribution in [0.15, 0.2) is 146 Å². The first-order chi connectivity index (χ1) is 21.6. The molecule has 0 spiro atoms. The highest BCUT2D eigenvalue weighted by Crippen LogP contribution is 2.48. The van der Waals surface area contributed by atoms with Gasteiger partial charge in [0.15, 0.2) is 0 Å². The van der Waals surface area contributed by atoms with Crippen LogP contribution in [0.4, 0.5) is 0 Å². The highest BCUT2D eigenvalue weighted by molar-refractivity contribution is 7.81. The summed E-state index contributed by atoms with van der Waals surface area (Å²) < 4.78 is 12.5. The normalized spacial score (nSPS) is 11.1. The topological polar surface area (TPSA) is 18.5 Å². The summed E-state index contributed by atoms with van der Waals surface area (Å²) in [6, 6.07) is 52.3. The Morgan fingerprint density at radius 1 is 0.364 bits per heavy atom. The molecule has 6 aromatic rings. The van der Waals surface area contributed by atoms with Gasteiger partial charge in [-0.05, 0) is 84.8 Å². The van der Waals surface area contributed by atoms with Crippen LogP contribution < -0.4 is 41.3 Å². The van der Waals surface area contributed by atoms with E-state index in [0.717, 1.165) is 22.6 Å². The van der Waals surface area contributed by atoms with Crippen molar-refractivity contribution < 1.29 is 9.47 Å². The van der Waals surface area contributed by atoms with E-state index in [2.05, 4.69) is 159 Å². The molecule has 0 aliphatic rings. The van der Waals surface area contributed by atoms with Crippen LogP contribution in [0.25, 0.3) is 11.1 Å². The van der Waals surface area contributed by atoms with E-state index in [9.17, 15) is 0 Å². The molecule has 0 atom stereocenters. The Morgan fingerprint density at radius 2 is 0.636 bits per heavy atom. The van der Waals surface area contributed by atoms with Gasteiger partial charge in [0.25, 0.3) is 0 Å². The van der Waals surface area contributed by atoms with Crippen LogP contribution in [-0.2, 0) is 0 Å². The molecular weight excluding hydrogens is 574 g/mol. The minimum absolute atomic E-state index is 0.853. The Bertz CT molecular complexity index is 1620. The molecule has 0 heterocycles. The summed E-state index contributed by atoms with van der Waals surface area (Å²) in [5, 5.41) is 7.78. The third kappa shape index (κ3) is 5.81. The van der Waals surface area contributed by atoms with Gasteiger partial charge in [0, 0.05) is 11.1 Å². The van der Waals surface area contributed by atoms with Crippen LogP contribution in [-0.4, -0.2) is 14.2 Å². The first-order valence-corrected chi connectivity index (χ1v) is 17.5. The van der Waals surface area contributed by atoms with Crippen LogP contribution >= 0.6 is 15.8 Å². The van der Waals surface area contributed by atoms with Crippen molar-refractivity contribution in [2.75, 3.05) is 14.2 Å². The van der Waals surface area contributed by atoms with E-state index >= 15 is 0 Å². The first kappa shape index (κ1) is 29.8. The maximum Gasteiger partial charge on any atom is 0.127 e. The predicted octanol–water partition coefficient (Wildman–Crippen LogP) is 7.50. The average molecular weight is 611 g/mol. The van der Waals surface area contributed by atoms with Crippen molar-refractivity contribution in [1.82, 2.24) is 0 Å². The standard InChI is InChI=1S/C40H36O2P2/c1-29-25-27-35(41-3)37(39(29)43(31-17-9-5-10-18-31)32-19-11-6-12-20-32)38-36(42-4)28-26-30(2)40(38)44(33-21-13-7-14-22-33)34-23-15-8-16-24-34/h5-28H,1-4H3. The first-order valence-electron chi connectivity index (χ1n) is 14.8. The van der Waals surface area contributed by atoms with E-state index in [-0.39, 0.29) is 0 Å². The van der Waals surface area contributed by atoms with Crippen molar-refractivity contribution in [3.8, 4) is 22.6 Å². The molecule has 218 valence electrons. The van der Waals surface area contributed by atoms with Gasteiger partial charge in [-0.15, -0.1) is 0 Å². The highest BCUT2D eigenvalue weighted by atomic mass is 31.1. The smallest absolute Gasteiger partial charge is 0.127 e. The molecule has 0 N–H and O–H groups in total. The Balaban J connectivity index is 1.75. The summed E-state index contributed by atoms with van der Waals surface area (Å²) in [5.74, 6) is 1.71. The molecular formula is C40H36O2P2. The molecule has 0 amide bonds. The van der Waals surface area contributed by atoms with Gasteiger partial charge < -0.3 is 9.47 Å². The molecule has 0 aliphatic carbocycles. The lowest BCUT2D eigenvalue weighted by atomic mass is 9.99. The van der Waals surface area contributed by atoms with Crippen LogP contribution in [0.2, 0.25) is 0 Å². The third-order valence-electron chi connectivity index (χ3n) is 7.88. The van der Waals surface area contributed by atoms with Gasteiger partial charge in [-0.25, -0.2) is 0 Å². The Morgan fingerprint density at radius 3 is 0.886 bits per heavy atom. The van der Waals surface area contributed by atoms with E-state index in [1.165, 1.54) is 43.0 Å². The summed E-state index contributed by atoms with van der Waals surface area (Å²) >= 11 is 0. The van der Waals surface area contributed by atoms with Gasteiger partial charge in [-0.2, -0.15) is 0 Å². The minimum atomic E-state index is -0.929. The van der Waals surface area contributed by atoms with Crippen molar-refractivity contribution in [2.24, 2.45) is 0 Å². The van der Waals surface area contributed by atoms with Crippen molar-refractivity contribution in [3.05, 3.63) is 157 Å². The van der Waals surface area contributed by atoms with Crippen LogP contribution in [0.1, 0.15) is 11.1 Å². The molecule has 2 nitrogen and oxygen atoms in total. The van der Waals surface area contributed by atoms with E-state index in [1.54, 1.807) is 14.2 Å². The van der Waals surface area contributed by atoms with E-state index in [0.29, 0.717) is 0 Å². The van der Waals surface area contributed by atoms with Crippen LogP contribution in [0.5, 0.6) is 11.5 Å². The van der Waals surface area contributed by atoms with Gasteiger partial charge in [0.05, 0.1) is 14.2 Å². The molecule has 44 heavy (non-hydrogen) atoms. The molecule has 6 aromatic carbocycles. The van der Waals surface area contributed by atoms with Crippen molar-refractivity contribution >= 4 is 47.7 Å². The largest absolute Gasteiger partial charge is 0.496 e. The summed E-state index contributed by atoms with van der Waals surface area (Å²) in [7, 11) is 1.71. The van der Waals surface area contributed by atoms with Crippen molar-refractivity contribution in [1.29, 1.82) is 0 Å². The second-order valence-electron chi connectivity index (χ2n) is 10.6. The number of hydrogen-bond donors (Lipinski definition) is 0. The maximum atomic E-state index is 6.26. The van der Waals surface area contributed by atoms with Gasteiger partial charge in [0.1, 0.15) is 11.5 Å². The number of rotatable bonds is 9. The molecule has 0 aliphatic heterocycles. The number of ether oxygens (including phenoxy) is 2. The van der Waals surface area contributed by atoms with Gasteiger partial charge in [-0.3, -0.25) is 0 Å². The summed E-state index contributed by atoms with van der Waals surface area (Å²) in [6.07, 6.45) is 0. The molecule has 0 fully saturated rings. The van der Waals surface area contributed by atoms with E-state index in [4.69, 9.17) is 9.47 Å². The van der Waals surface area contributed by atoms with Crippen molar-refractivity contribution in [2.45, 2.75) is 13.8 Å². The molecule has 0 radical (unpaired) electrons. The second kappa shape index (κ2) is 13.6. The maximum absolute atomic E-state index is 6.26. The number of benzene rings is 6. The molecule has 0 saturated heterocycles. The third-order valence-corrected chi connectivity index (χ3v) is 13.2. The fraction of sp³-hybridized carbons (Fsp3) is 0.100. The van der Waals surface area contributed by atoms with Crippen LogP contribution in [0.3, 0.4) is 0 Å². The lowest BCUT2D eigenvalue weighted by Gasteiger charge is -2.30. The Labute approximate surface area is 263 Å². The summed E-state index contributed by atoms with van der Waals surface area (Å²) in [6.45, 7) is 4.47. The monoisotopic (exact) mass is 610 g/mol. The number of aryl methyl sites for hydroxylation is 2. The molecule has 4 heteroatoms. The number of methoxy groups -OCH3 is 2. The fourth-order valence-electron chi connectivity index (χ4n) is 5.88. The molecule has 0 aromatic heterocycles. The SMILES string of the molecule is COc1ccc(C)c(P(c2ccccc2)c2ccccc2)c1-c1c(OC)ccc(C)c1P(c1ccccc1)c1ccccc1. The zero-order valence-corrected chi connectivity index (χ0v) is 27.4. The van der Waals surface area contributed by atoms with E-state index < -0.39 is 15.8 Å². The van der Waals surface area contributed by atoms with Gasteiger partial charge in [0.2, 0.25) is 0 Å². The number of hydrogen-bond acceptors (Lipinski definition) is 2. The summed E-state index contributed by atoms with van der Waals surface area (Å²) in [5.41, 5.74) is 4.69. The fourth-order valence-corrected chi connectivity index (χ4v) is 11.1. The Hall–Kier alpha value is -4.22. The predicted molar refractivity (Wildman–Crippen MR) is 192 cm³/mol. The van der Waals surface area contributed by atoms with Gasteiger partial charge in [-0.1, -0.05) is 133 Å². The van der Waals surface area contributed by atoms with Gasteiger partial charge >= 0.3 is 0 Å². The molecule has 0 saturated carbocycles. The lowest BCUT2D eigenvalue weighted by molar-refractivity contribution is 0.410. The second-order valence-corrected chi connectivity index (χ2v) is 14.9. The van der Waals surface area contributed by atoms with Crippen LogP contribution in [0, 0.1) is 13.8 Å². The average Bonchev–Trinajstić information content (AvgIpc) is 3.08. The molecule has 0 bridgehead atoms. The van der Waals surface area contributed by atoms with E-state index in [1.807, 2.05) is 0 Å². The minimum Gasteiger partial charge on any atom is -0.496 e. The zero-order valence-electron chi connectivity index (χ0n) is 25.6. The quantitative estimate of drug-likeness (QED) is 0.158. The van der Waals surface area contributed by atoms with Crippen molar-refractivity contribution in [3.63, 3.8) is 0 Å². The molecule has 0 unspecified atom stereocenters.